The number of rotatable bonds is 11. The third-order valence-corrected chi connectivity index (χ3v) is 9.08. The van der Waals surface area contributed by atoms with Crippen molar-refractivity contribution < 1.29 is 14.4 Å². The Hall–Kier alpha value is -4.58. The molecule has 0 saturated carbocycles. The first-order chi connectivity index (χ1) is 21.9. The number of thioether (sulfide) groups is 1. The van der Waals surface area contributed by atoms with E-state index in [4.69, 9.17) is 0 Å². The van der Waals surface area contributed by atoms with E-state index in [2.05, 4.69) is 41.8 Å². The second-order valence-corrected chi connectivity index (χ2v) is 12.7. The van der Waals surface area contributed by atoms with Crippen LogP contribution in [0.3, 0.4) is 0 Å². The van der Waals surface area contributed by atoms with Gasteiger partial charge in [0.25, 0.3) is 11.8 Å². The molecule has 3 aromatic carbocycles. The molecule has 226 valence electrons. The van der Waals surface area contributed by atoms with Gasteiger partial charge in [0.05, 0.1) is 10.9 Å². The van der Waals surface area contributed by atoms with Crippen LogP contribution in [0.1, 0.15) is 29.3 Å². The molecule has 0 aliphatic carbocycles. The normalized spacial score (nSPS) is 11.8. The van der Waals surface area contributed by atoms with Crippen molar-refractivity contribution >= 4 is 73.6 Å². The molecule has 0 bridgehead atoms. The van der Waals surface area contributed by atoms with E-state index in [9.17, 15) is 14.4 Å². The number of pyridine rings is 1. The zero-order valence-corrected chi connectivity index (χ0v) is 27.3. The molecule has 0 radical (unpaired) electrons. The summed E-state index contributed by atoms with van der Waals surface area (Å²) >= 11 is 6.21. The van der Waals surface area contributed by atoms with E-state index >= 15 is 0 Å². The maximum Gasteiger partial charge on any atom is 0.272 e. The molecule has 3 amide bonds. The van der Waals surface area contributed by atoms with E-state index < -0.39 is 11.8 Å². The van der Waals surface area contributed by atoms with Crippen LogP contribution in [0, 0.1) is 0 Å². The van der Waals surface area contributed by atoms with E-state index in [1.54, 1.807) is 73.1 Å². The largest absolute Gasteiger partial charge is 0.321 e. The maximum atomic E-state index is 13.4. The van der Waals surface area contributed by atoms with Crippen molar-refractivity contribution in [2.75, 3.05) is 10.6 Å². The molecule has 2 aromatic heterocycles. The van der Waals surface area contributed by atoms with Crippen LogP contribution in [0.15, 0.2) is 124 Å². The first-order valence-corrected chi connectivity index (χ1v) is 16.5. The quantitative estimate of drug-likeness (QED) is 0.0956. The van der Waals surface area contributed by atoms with Crippen molar-refractivity contribution in [3.8, 4) is 11.3 Å². The summed E-state index contributed by atoms with van der Waals surface area (Å²) < 4.78 is 0.984. The maximum absolute atomic E-state index is 13.4. The Morgan fingerprint density at radius 1 is 0.956 bits per heavy atom. The molecule has 1 atom stereocenters. The Morgan fingerprint density at radius 2 is 1.76 bits per heavy atom. The van der Waals surface area contributed by atoms with Crippen LogP contribution in [-0.4, -0.2) is 32.9 Å². The second-order valence-electron chi connectivity index (χ2n) is 9.70. The van der Waals surface area contributed by atoms with E-state index in [1.165, 1.54) is 23.1 Å². The van der Waals surface area contributed by atoms with Crippen molar-refractivity contribution in [2.24, 2.45) is 0 Å². The van der Waals surface area contributed by atoms with Crippen LogP contribution < -0.4 is 16.0 Å². The molecule has 0 aliphatic rings. The molecule has 2 heterocycles. The smallest absolute Gasteiger partial charge is 0.272 e. The van der Waals surface area contributed by atoms with Crippen LogP contribution in [-0.2, 0) is 9.59 Å². The number of hydrogen-bond acceptors (Lipinski definition) is 7. The van der Waals surface area contributed by atoms with E-state index in [-0.39, 0.29) is 16.9 Å². The number of nitrogens with zero attached hydrogens (tertiary/aromatic N) is 2. The number of benzene rings is 3. The molecule has 0 fully saturated rings. The highest BCUT2D eigenvalue weighted by Crippen LogP contribution is 2.30. The number of amides is 3. The molecule has 5 rings (SSSR count). The summed E-state index contributed by atoms with van der Waals surface area (Å²) in [5, 5.41) is 10.6. The number of carbonyl (C=O) groups is 3. The van der Waals surface area contributed by atoms with Crippen LogP contribution in [0.25, 0.3) is 17.3 Å². The molecule has 5 aromatic rings. The SMILES string of the molecule is CCC(Sc1cccc(NC(=O)/C(=C/c2cccnc2)NC(=O)c2ccccc2)c1)C(=O)Nc1nc(-c2ccc(Br)cc2)cs1. The molecule has 3 N–H and O–H groups in total. The Kier molecular flexibility index (Phi) is 10.9. The van der Waals surface area contributed by atoms with Gasteiger partial charge < -0.3 is 16.0 Å². The fraction of sp³-hybridized carbons (Fsp3) is 0.0882. The summed E-state index contributed by atoms with van der Waals surface area (Å²) in [5.74, 6) is -1.06. The highest BCUT2D eigenvalue weighted by atomic mass is 79.9. The van der Waals surface area contributed by atoms with Gasteiger partial charge >= 0.3 is 0 Å². The highest BCUT2D eigenvalue weighted by molar-refractivity contribution is 9.10. The van der Waals surface area contributed by atoms with Crippen LogP contribution in [0.4, 0.5) is 10.8 Å². The van der Waals surface area contributed by atoms with Crippen molar-refractivity contribution in [3.05, 3.63) is 130 Å². The summed E-state index contributed by atoms with van der Waals surface area (Å²) in [6.07, 6.45) is 5.38. The Balaban J connectivity index is 1.26. The van der Waals surface area contributed by atoms with E-state index in [1.807, 2.05) is 48.7 Å². The number of halogens is 1. The lowest BCUT2D eigenvalue weighted by Crippen LogP contribution is -2.30. The number of nitrogens with one attached hydrogen (secondary N) is 3. The average Bonchev–Trinajstić information content (AvgIpc) is 3.53. The van der Waals surface area contributed by atoms with Gasteiger partial charge in [0.15, 0.2) is 5.13 Å². The Bertz CT molecular complexity index is 1810. The standard InChI is InChI=1S/C34H28BrN5O3S2/c1-2-30(33(43)40-34-39-29(21-44-34)23-13-15-25(35)16-14-23)45-27-12-6-11-26(19-27)37-32(42)28(18-22-8-7-17-36-20-22)38-31(41)24-9-4-3-5-10-24/h3-21,30H,2H2,1H3,(H,37,42)(H,38,41)(H,39,40,43)/b28-18-. The number of carbonyl (C=O) groups excluding carboxylic acids is 3. The average molecular weight is 699 g/mol. The molecule has 0 saturated heterocycles. The zero-order chi connectivity index (χ0) is 31.6. The van der Waals surface area contributed by atoms with Crippen LogP contribution in [0.2, 0.25) is 0 Å². The lowest BCUT2D eigenvalue weighted by atomic mass is 10.2. The summed E-state index contributed by atoms with van der Waals surface area (Å²) in [4.78, 5) is 49.0. The van der Waals surface area contributed by atoms with Gasteiger partial charge in [-0.2, -0.15) is 0 Å². The molecule has 0 spiro atoms. The minimum atomic E-state index is -0.500. The third-order valence-electron chi connectivity index (χ3n) is 6.43. The van der Waals surface area contributed by atoms with Crippen molar-refractivity contribution in [2.45, 2.75) is 23.5 Å². The number of aromatic nitrogens is 2. The number of hydrogen-bond donors (Lipinski definition) is 3. The van der Waals surface area contributed by atoms with Gasteiger partial charge in [-0.25, -0.2) is 4.98 Å². The summed E-state index contributed by atoms with van der Waals surface area (Å²) in [6.45, 7) is 1.95. The number of thiazole rings is 1. The number of anilines is 2. The van der Waals surface area contributed by atoms with Crippen molar-refractivity contribution in [1.82, 2.24) is 15.3 Å². The first kappa shape index (κ1) is 31.8. The minimum absolute atomic E-state index is 0.0617. The molecule has 45 heavy (non-hydrogen) atoms. The predicted molar refractivity (Wildman–Crippen MR) is 185 cm³/mol. The minimum Gasteiger partial charge on any atom is -0.321 e. The van der Waals surface area contributed by atoms with Crippen molar-refractivity contribution in [3.63, 3.8) is 0 Å². The molecular formula is C34H28BrN5O3S2. The van der Waals surface area contributed by atoms with Gasteiger partial charge in [-0.15, -0.1) is 23.1 Å². The van der Waals surface area contributed by atoms with E-state index in [0.717, 1.165) is 20.6 Å². The highest BCUT2D eigenvalue weighted by Gasteiger charge is 2.20. The molecule has 0 aliphatic heterocycles. The second kappa shape index (κ2) is 15.4. The molecular weight excluding hydrogens is 670 g/mol. The van der Waals surface area contributed by atoms with Gasteiger partial charge in [-0.1, -0.05) is 65.3 Å². The summed E-state index contributed by atoms with van der Waals surface area (Å²) in [7, 11) is 0. The van der Waals surface area contributed by atoms with Crippen LogP contribution >= 0.6 is 39.0 Å². The van der Waals surface area contributed by atoms with Gasteiger partial charge in [-0.05, 0) is 66.6 Å². The van der Waals surface area contributed by atoms with Gasteiger partial charge in [0, 0.05) is 44.0 Å². The molecule has 11 heteroatoms. The summed E-state index contributed by atoms with van der Waals surface area (Å²) in [6, 6.07) is 27.3. The van der Waals surface area contributed by atoms with Gasteiger partial charge in [-0.3, -0.25) is 19.4 Å². The van der Waals surface area contributed by atoms with Crippen molar-refractivity contribution in [1.29, 1.82) is 0 Å². The van der Waals surface area contributed by atoms with Crippen LogP contribution in [0.5, 0.6) is 0 Å². The predicted octanol–water partition coefficient (Wildman–Crippen LogP) is 7.89. The lowest BCUT2D eigenvalue weighted by Gasteiger charge is -2.15. The van der Waals surface area contributed by atoms with Gasteiger partial charge in [0.1, 0.15) is 5.70 Å². The fourth-order valence-electron chi connectivity index (χ4n) is 4.17. The zero-order valence-electron chi connectivity index (χ0n) is 24.1. The molecule has 8 nitrogen and oxygen atoms in total. The third kappa shape index (κ3) is 8.98. The van der Waals surface area contributed by atoms with E-state index in [0.29, 0.717) is 28.4 Å². The molecule has 1 unspecified atom stereocenters. The monoisotopic (exact) mass is 697 g/mol. The summed E-state index contributed by atoms with van der Waals surface area (Å²) in [5.41, 5.74) is 3.42. The topological polar surface area (TPSA) is 113 Å². The van der Waals surface area contributed by atoms with Gasteiger partial charge in [0.2, 0.25) is 5.91 Å². The lowest BCUT2D eigenvalue weighted by molar-refractivity contribution is -0.116. The first-order valence-electron chi connectivity index (χ1n) is 14.0. The Labute approximate surface area is 277 Å². The Morgan fingerprint density at radius 3 is 2.49 bits per heavy atom. The fourth-order valence-corrected chi connectivity index (χ4v) is 6.17.